The first-order chi connectivity index (χ1) is 8.24. The highest BCUT2D eigenvalue weighted by molar-refractivity contribution is 5.39. The van der Waals surface area contributed by atoms with Gasteiger partial charge in [0.25, 0.3) is 0 Å². The Morgan fingerprint density at radius 2 is 1.71 bits per heavy atom. The summed E-state index contributed by atoms with van der Waals surface area (Å²) in [6.45, 7) is 7.04. The SMILES string of the molecule is CCCCCCOc1ccccc1OC(C)C. The molecule has 0 aliphatic carbocycles. The van der Waals surface area contributed by atoms with Gasteiger partial charge in [0.1, 0.15) is 0 Å². The molecule has 0 aromatic heterocycles. The van der Waals surface area contributed by atoms with Gasteiger partial charge >= 0.3 is 0 Å². The fourth-order valence-corrected chi connectivity index (χ4v) is 1.63. The Hall–Kier alpha value is -1.18. The van der Waals surface area contributed by atoms with Crippen molar-refractivity contribution in [3.8, 4) is 11.5 Å². The largest absolute Gasteiger partial charge is 0.490 e. The van der Waals surface area contributed by atoms with Crippen LogP contribution in [-0.2, 0) is 0 Å². The van der Waals surface area contributed by atoms with Gasteiger partial charge in [-0.1, -0.05) is 38.3 Å². The molecule has 0 amide bonds. The van der Waals surface area contributed by atoms with Crippen molar-refractivity contribution in [1.82, 2.24) is 0 Å². The highest BCUT2D eigenvalue weighted by Gasteiger charge is 2.05. The third kappa shape index (κ3) is 5.62. The average molecular weight is 236 g/mol. The Morgan fingerprint density at radius 1 is 1.00 bits per heavy atom. The van der Waals surface area contributed by atoms with E-state index in [2.05, 4.69) is 6.92 Å². The molecule has 0 N–H and O–H groups in total. The van der Waals surface area contributed by atoms with Gasteiger partial charge in [0.05, 0.1) is 12.7 Å². The van der Waals surface area contributed by atoms with E-state index in [0.29, 0.717) is 0 Å². The van der Waals surface area contributed by atoms with Crippen molar-refractivity contribution in [2.45, 2.75) is 52.6 Å². The topological polar surface area (TPSA) is 18.5 Å². The molecule has 1 aromatic carbocycles. The summed E-state index contributed by atoms with van der Waals surface area (Å²) in [5.74, 6) is 1.70. The van der Waals surface area contributed by atoms with Crippen LogP contribution in [-0.4, -0.2) is 12.7 Å². The molecule has 0 unspecified atom stereocenters. The van der Waals surface area contributed by atoms with Crippen LogP contribution >= 0.6 is 0 Å². The Kier molecular flexibility index (Phi) is 6.53. The number of benzene rings is 1. The molecular weight excluding hydrogens is 212 g/mol. The molecule has 0 fully saturated rings. The predicted octanol–water partition coefficient (Wildman–Crippen LogP) is 4.43. The van der Waals surface area contributed by atoms with Gasteiger partial charge in [-0.05, 0) is 32.4 Å². The van der Waals surface area contributed by atoms with Gasteiger partial charge < -0.3 is 9.47 Å². The molecule has 0 atom stereocenters. The second kappa shape index (κ2) is 7.99. The summed E-state index contributed by atoms with van der Waals surface area (Å²) in [6.07, 6.45) is 5.08. The van der Waals surface area contributed by atoms with Gasteiger partial charge in [0.15, 0.2) is 11.5 Å². The van der Waals surface area contributed by atoms with Crippen LogP contribution in [0.5, 0.6) is 11.5 Å². The smallest absolute Gasteiger partial charge is 0.161 e. The zero-order chi connectivity index (χ0) is 12.5. The Labute approximate surface area is 105 Å². The second-order valence-corrected chi connectivity index (χ2v) is 4.52. The molecule has 1 aromatic rings. The normalized spacial score (nSPS) is 10.6. The van der Waals surface area contributed by atoms with Gasteiger partial charge in [0.2, 0.25) is 0 Å². The molecule has 0 aliphatic heterocycles. The maximum absolute atomic E-state index is 5.76. The van der Waals surface area contributed by atoms with E-state index < -0.39 is 0 Å². The van der Waals surface area contributed by atoms with E-state index in [1.165, 1.54) is 19.3 Å². The molecule has 0 radical (unpaired) electrons. The molecule has 0 saturated carbocycles. The van der Waals surface area contributed by atoms with Gasteiger partial charge in [-0.3, -0.25) is 0 Å². The number of ether oxygens (including phenoxy) is 2. The minimum Gasteiger partial charge on any atom is -0.490 e. The first-order valence-corrected chi connectivity index (χ1v) is 6.62. The average Bonchev–Trinajstić information content (AvgIpc) is 2.30. The highest BCUT2D eigenvalue weighted by atomic mass is 16.5. The summed E-state index contributed by atoms with van der Waals surface area (Å²) in [4.78, 5) is 0. The van der Waals surface area contributed by atoms with Gasteiger partial charge in [-0.2, -0.15) is 0 Å². The summed E-state index contributed by atoms with van der Waals surface area (Å²) in [7, 11) is 0. The van der Waals surface area contributed by atoms with Crippen LogP contribution < -0.4 is 9.47 Å². The van der Waals surface area contributed by atoms with Crippen LogP contribution in [0.25, 0.3) is 0 Å². The molecule has 0 saturated heterocycles. The van der Waals surface area contributed by atoms with Crippen molar-refractivity contribution < 1.29 is 9.47 Å². The number of rotatable bonds is 8. The molecule has 0 heterocycles. The number of unbranched alkanes of at least 4 members (excludes halogenated alkanes) is 3. The van der Waals surface area contributed by atoms with Crippen molar-refractivity contribution in [2.24, 2.45) is 0 Å². The molecule has 17 heavy (non-hydrogen) atoms. The van der Waals surface area contributed by atoms with E-state index in [1.54, 1.807) is 0 Å². The number of hydrogen-bond donors (Lipinski definition) is 0. The van der Waals surface area contributed by atoms with Gasteiger partial charge in [0, 0.05) is 0 Å². The first-order valence-electron chi connectivity index (χ1n) is 6.62. The lowest BCUT2D eigenvalue weighted by Crippen LogP contribution is -2.07. The number of para-hydroxylation sites is 2. The Morgan fingerprint density at radius 3 is 2.35 bits per heavy atom. The first kappa shape index (κ1) is 13.9. The van der Waals surface area contributed by atoms with E-state index in [1.807, 2.05) is 38.1 Å². The van der Waals surface area contributed by atoms with E-state index >= 15 is 0 Å². The standard InChI is InChI=1S/C15H24O2/c1-4-5-6-9-12-16-14-10-7-8-11-15(14)17-13(2)3/h7-8,10-11,13H,4-6,9,12H2,1-3H3. The second-order valence-electron chi connectivity index (χ2n) is 4.52. The molecule has 0 spiro atoms. The fraction of sp³-hybridized carbons (Fsp3) is 0.600. The number of hydrogen-bond acceptors (Lipinski definition) is 2. The maximum atomic E-state index is 5.76. The molecular formula is C15H24O2. The van der Waals surface area contributed by atoms with Crippen LogP contribution in [0.1, 0.15) is 46.5 Å². The summed E-state index contributed by atoms with van der Waals surface area (Å²) < 4.78 is 11.5. The van der Waals surface area contributed by atoms with E-state index in [9.17, 15) is 0 Å². The van der Waals surface area contributed by atoms with E-state index in [0.717, 1.165) is 24.5 Å². The Balaban J connectivity index is 2.40. The van der Waals surface area contributed by atoms with E-state index in [-0.39, 0.29) is 6.10 Å². The third-order valence-electron chi connectivity index (χ3n) is 2.47. The molecule has 0 aliphatic rings. The van der Waals surface area contributed by atoms with Crippen LogP contribution in [0, 0.1) is 0 Å². The van der Waals surface area contributed by atoms with Crippen molar-refractivity contribution >= 4 is 0 Å². The van der Waals surface area contributed by atoms with Gasteiger partial charge in [-0.25, -0.2) is 0 Å². The zero-order valence-electron chi connectivity index (χ0n) is 11.2. The summed E-state index contributed by atoms with van der Waals surface area (Å²) in [5, 5.41) is 0. The highest BCUT2D eigenvalue weighted by Crippen LogP contribution is 2.27. The summed E-state index contributed by atoms with van der Waals surface area (Å²) >= 11 is 0. The molecule has 2 nitrogen and oxygen atoms in total. The summed E-state index contributed by atoms with van der Waals surface area (Å²) in [5.41, 5.74) is 0. The lowest BCUT2D eigenvalue weighted by molar-refractivity contribution is 0.219. The molecule has 0 bridgehead atoms. The monoisotopic (exact) mass is 236 g/mol. The van der Waals surface area contributed by atoms with Crippen LogP contribution in [0.3, 0.4) is 0 Å². The molecule has 2 heteroatoms. The molecule has 1 rings (SSSR count). The third-order valence-corrected chi connectivity index (χ3v) is 2.47. The summed E-state index contributed by atoms with van der Waals surface area (Å²) in [6, 6.07) is 7.88. The molecule has 96 valence electrons. The van der Waals surface area contributed by atoms with Crippen molar-refractivity contribution in [3.63, 3.8) is 0 Å². The maximum Gasteiger partial charge on any atom is 0.161 e. The lowest BCUT2D eigenvalue weighted by atomic mass is 10.2. The minimum atomic E-state index is 0.180. The van der Waals surface area contributed by atoms with Crippen molar-refractivity contribution in [3.05, 3.63) is 24.3 Å². The quantitative estimate of drug-likeness (QED) is 0.621. The van der Waals surface area contributed by atoms with E-state index in [4.69, 9.17) is 9.47 Å². The fourth-order valence-electron chi connectivity index (χ4n) is 1.63. The zero-order valence-corrected chi connectivity index (χ0v) is 11.2. The van der Waals surface area contributed by atoms with Crippen LogP contribution in [0.2, 0.25) is 0 Å². The minimum absolute atomic E-state index is 0.180. The Bertz CT molecular complexity index is 308. The van der Waals surface area contributed by atoms with Crippen molar-refractivity contribution in [1.29, 1.82) is 0 Å². The van der Waals surface area contributed by atoms with Crippen LogP contribution in [0.4, 0.5) is 0 Å². The lowest BCUT2D eigenvalue weighted by Gasteiger charge is -2.14. The van der Waals surface area contributed by atoms with Crippen LogP contribution in [0.15, 0.2) is 24.3 Å². The van der Waals surface area contributed by atoms with Gasteiger partial charge in [-0.15, -0.1) is 0 Å². The van der Waals surface area contributed by atoms with Crippen molar-refractivity contribution in [2.75, 3.05) is 6.61 Å². The predicted molar refractivity (Wildman–Crippen MR) is 71.8 cm³/mol.